The first-order valence-corrected chi connectivity index (χ1v) is 30.3. The number of ether oxygens (including phenoxy) is 1. The second-order valence-corrected chi connectivity index (χ2v) is 25.1. The van der Waals surface area contributed by atoms with Crippen LogP contribution in [0.5, 0.6) is 5.75 Å². The van der Waals surface area contributed by atoms with Gasteiger partial charge in [-0.2, -0.15) is 16.8 Å². The number of fused-ring (bicyclic) bond motifs is 2. The summed E-state index contributed by atoms with van der Waals surface area (Å²) < 4.78 is 72.5. The van der Waals surface area contributed by atoms with Crippen LogP contribution in [0.15, 0.2) is 156 Å². The summed E-state index contributed by atoms with van der Waals surface area (Å²) >= 11 is 0. The van der Waals surface area contributed by atoms with Gasteiger partial charge in [0.2, 0.25) is 5.91 Å². The Bertz CT molecular complexity index is 3010. The number of benzene rings is 4. The first-order valence-electron chi connectivity index (χ1n) is 27.1. The van der Waals surface area contributed by atoms with Crippen LogP contribution in [0, 0.1) is 5.92 Å². The van der Waals surface area contributed by atoms with E-state index in [0.29, 0.717) is 50.9 Å². The fraction of sp³-hybridized carbons (Fsp3) is 0.435. The van der Waals surface area contributed by atoms with Gasteiger partial charge in [0.25, 0.3) is 20.2 Å². The molecule has 2 aliphatic carbocycles. The van der Waals surface area contributed by atoms with E-state index in [0.717, 1.165) is 92.1 Å². The second-order valence-electron chi connectivity index (χ2n) is 21.9. The fourth-order valence-electron chi connectivity index (χ4n) is 11.2. The molecule has 0 saturated heterocycles. The highest BCUT2D eigenvalue weighted by atomic mass is 32.2. The molecular formula is C62H80N4O8S2. The first kappa shape index (κ1) is 58.1. The number of para-hydroxylation sites is 1. The number of carbonyl (C=O) groups is 1. The number of amides is 1. The van der Waals surface area contributed by atoms with Crippen LogP contribution in [0.25, 0.3) is 0 Å². The number of nitrogens with one attached hydrogen (secondary N) is 3. The largest absolute Gasteiger partial charge is 0.457 e. The van der Waals surface area contributed by atoms with Gasteiger partial charge in [0.05, 0.1) is 17.5 Å². The molecule has 0 aromatic heterocycles. The van der Waals surface area contributed by atoms with Crippen LogP contribution < -0.4 is 25.6 Å². The third kappa shape index (κ3) is 16.0. The molecule has 2 unspecified atom stereocenters. The van der Waals surface area contributed by atoms with E-state index in [1.807, 2.05) is 18.2 Å². The van der Waals surface area contributed by atoms with Crippen LogP contribution in [0.2, 0.25) is 0 Å². The van der Waals surface area contributed by atoms with Gasteiger partial charge in [-0.15, -0.1) is 0 Å². The standard InChI is InChI=1S/C62H80N4O8S2/c1-45(2)60(67)65-37-16-36-63-42-46-24-26-47(27-25-46)43-64-44-48-28-32-53(33-29-48)74-59-49(30-34-55-52(18-11-13-39-75(68,69)70)41-51-17-7-8-21-54(51)61(55,3)4)19-15-20-50(59)31-35-58-62(5,6)56-22-9-10-23-57(56)66(58)38-12-14-40-76(71,72)73/h7-10,17,21-35,52,58,63-64H,1,11-16,18-20,36-44H2,2-6H3,(H,65,67)(H,68,69,70)(H,71,72,73)/b35-31+,49-30+,55-34-. The van der Waals surface area contributed by atoms with Crippen LogP contribution >= 0.6 is 0 Å². The van der Waals surface area contributed by atoms with E-state index in [1.165, 1.54) is 33.4 Å². The Kier molecular flexibility index (Phi) is 20.0. The maximum Gasteiger partial charge on any atom is 0.264 e. The van der Waals surface area contributed by atoms with E-state index in [-0.39, 0.29) is 40.2 Å². The lowest BCUT2D eigenvalue weighted by Gasteiger charge is -2.41. The predicted molar refractivity (Wildman–Crippen MR) is 308 cm³/mol. The predicted octanol–water partition coefficient (Wildman–Crippen LogP) is 11.4. The van der Waals surface area contributed by atoms with E-state index >= 15 is 0 Å². The average Bonchev–Trinajstić information content (AvgIpc) is 3.60. The summed E-state index contributed by atoms with van der Waals surface area (Å²) in [7, 11) is -8.09. The zero-order valence-corrected chi connectivity index (χ0v) is 46.9. The third-order valence-electron chi connectivity index (χ3n) is 15.3. The highest BCUT2D eigenvalue weighted by Crippen LogP contribution is 2.48. The number of nitrogens with zero attached hydrogens (tertiary/aromatic N) is 1. The van der Waals surface area contributed by atoms with E-state index in [4.69, 9.17) is 4.74 Å². The molecule has 2 atom stereocenters. The smallest absolute Gasteiger partial charge is 0.264 e. The number of carbonyl (C=O) groups excluding carboxylic acids is 1. The van der Waals surface area contributed by atoms with Gasteiger partial charge in [-0.05, 0) is 140 Å². The Morgan fingerprint density at radius 2 is 1.34 bits per heavy atom. The van der Waals surface area contributed by atoms with Crippen LogP contribution in [-0.4, -0.2) is 69.0 Å². The SMILES string of the molecule is C=C(C)C(=O)NCCCNCc1ccc(CNCc2ccc(OC3=C(/C=C/C4N(CCCCS(=O)(=O)O)c5ccccc5C4(C)C)CCC/C3=C\C=C3\C(CCCCS(=O)(=O)O)Cc4ccccc4C3(C)C)cc2)cc1. The van der Waals surface area contributed by atoms with Crippen LogP contribution in [-0.2, 0) is 61.9 Å². The lowest BCUT2D eigenvalue weighted by Crippen LogP contribution is -2.40. The monoisotopic (exact) mass is 1070 g/mol. The quantitative estimate of drug-likeness (QED) is 0.0230. The molecule has 408 valence electrons. The molecule has 1 aliphatic heterocycles. The zero-order chi connectivity index (χ0) is 54.5. The Hall–Kier alpha value is -5.61. The van der Waals surface area contributed by atoms with Crippen molar-refractivity contribution in [3.05, 3.63) is 189 Å². The molecule has 0 spiro atoms. The van der Waals surface area contributed by atoms with Crippen molar-refractivity contribution < 1.29 is 35.5 Å². The summed E-state index contributed by atoms with van der Waals surface area (Å²) in [5, 5.41) is 9.90. The molecule has 12 nitrogen and oxygen atoms in total. The van der Waals surface area contributed by atoms with E-state index in [9.17, 15) is 30.7 Å². The zero-order valence-electron chi connectivity index (χ0n) is 45.2. The van der Waals surface area contributed by atoms with Crippen molar-refractivity contribution in [2.75, 3.05) is 36.0 Å². The minimum absolute atomic E-state index is 0.0305. The lowest BCUT2D eigenvalue weighted by molar-refractivity contribution is -0.117. The maximum atomic E-state index is 11.7. The van der Waals surface area contributed by atoms with Gasteiger partial charge in [-0.1, -0.05) is 149 Å². The number of rotatable bonds is 26. The fourth-order valence-corrected chi connectivity index (χ4v) is 12.4. The minimum atomic E-state index is -4.05. The molecule has 1 amide bonds. The summed E-state index contributed by atoms with van der Waals surface area (Å²) in [5.74, 6) is 1.15. The molecule has 0 fully saturated rings. The highest BCUT2D eigenvalue weighted by molar-refractivity contribution is 7.86. The number of unbranched alkanes of at least 4 members (excludes halogenated alkanes) is 2. The van der Waals surface area contributed by atoms with Crippen molar-refractivity contribution in [1.82, 2.24) is 16.0 Å². The molecule has 3 aliphatic rings. The highest BCUT2D eigenvalue weighted by Gasteiger charge is 2.43. The molecule has 76 heavy (non-hydrogen) atoms. The average molecular weight is 1070 g/mol. The second kappa shape index (κ2) is 26.2. The first-order chi connectivity index (χ1) is 36.2. The molecule has 7 rings (SSSR count). The van der Waals surface area contributed by atoms with Crippen molar-refractivity contribution in [3.63, 3.8) is 0 Å². The van der Waals surface area contributed by atoms with Gasteiger partial charge in [-0.3, -0.25) is 13.9 Å². The van der Waals surface area contributed by atoms with Crippen LogP contribution in [0.1, 0.15) is 126 Å². The third-order valence-corrected chi connectivity index (χ3v) is 16.9. The molecule has 0 saturated carbocycles. The molecule has 0 bridgehead atoms. The van der Waals surface area contributed by atoms with Crippen molar-refractivity contribution >= 4 is 31.8 Å². The van der Waals surface area contributed by atoms with Gasteiger partial charge in [0.1, 0.15) is 11.5 Å². The van der Waals surface area contributed by atoms with Gasteiger partial charge in [0, 0.05) is 54.8 Å². The van der Waals surface area contributed by atoms with E-state index in [2.05, 4.69) is 158 Å². The molecular weight excluding hydrogens is 993 g/mol. The minimum Gasteiger partial charge on any atom is -0.457 e. The Balaban J connectivity index is 1.12. The summed E-state index contributed by atoms with van der Waals surface area (Å²) in [5.41, 5.74) is 12.0. The number of hydrogen-bond donors (Lipinski definition) is 5. The summed E-state index contributed by atoms with van der Waals surface area (Å²) in [4.78, 5) is 14.1. The molecule has 4 aromatic rings. The number of allylic oxidation sites excluding steroid dienone is 6. The van der Waals surface area contributed by atoms with Crippen LogP contribution in [0.4, 0.5) is 5.69 Å². The maximum absolute atomic E-state index is 11.7. The summed E-state index contributed by atoms with van der Waals surface area (Å²) in [6.45, 7) is 18.7. The molecule has 1 heterocycles. The Labute approximate surface area is 453 Å². The van der Waals surface area contributed by atoms with Crippen molar-refractivity contribution in [2.45, 2.75) is 135 Å². The lowest BCUT2D eigenvalue weighted by atomic mass is 9.63. The van der Waals surface area contributed by atoms with Crippen molar-refractivity contribution in [3.8, 4) is 5.75 Å². The normalized spacial score (nSPS) is 19.3. The molecule has 4 aromatic carbocycles. The van der Waals surface area contributed by atoms with Gasteiger partial charge in [0.15, 0.2) is 0 Å². The topological polar surface area (TPSA) is 174 Å². The molecule has 14 heteroatoms. The number of anilines is 1. The molecule has 0 radical (unpaired) electrons. The Morgan fingerprint density at radius 1 is 0.737 bits per heavy atom. The van der Waals surface area contributed by atoms with Crippen molar-refractivity contribution in [1.29, 1.82) is 0 Å². The van der Waals surface area contributed by atoms with Gasteiger partial charge in [-0.25, -0.2) is 0 Å². The van der Waals surface area contributed by atoms with Crippen molar-refractivity contribution in [2.24, 2.45) is 5.92 Å². The Morgan fingerprint density at radius 3 is 2.00 bits per heavy atom. The molecule has 5 N–H and O–H groups in total. The van der Waals surface area contributed by atoms with Gasteiger partial charge < -0.3 is 25.6 Å². The van der Waals surface area contributed by atoms with Crippen LogP contribution in [0.3, 0.4) is 0 Å². The van der Waals surface area contributed by atoms with E-state index < -0.39 is 20.2 Å². The summed E-state index contributed by atoms with van der Waals surface area (Å²) in [6.07, 6.45) is 16.2. The van der Waals surface area contributed by atoms with Gasteiger partial charge >= 0.3 is 0 Å². The number of hydrogen-bond acceptors (Lipinski definition) is 9. The summed E-state index contributed by atoms with van der Waals surface area (Å²) in [6, 6.07) is 33.9. The van der Waals surface area contributed by atoms with E-state index in [1.54, 1.807) is 6.92 Å².